The Morgan fingerprint density at radius 1 is 1.06 bits per heavy atom. The molecule has 3 rings (SSSR count). The van der Waals surface area contributed by atoms with Gasteiger partial charge in [0, 0.05) is 19.5 Å². The van der Waals surface area contributed by atoms with Gasteiger partial charge in [0.15, 0.2) is 0 Å². The summed E-state index contributed by atoms with van der Waals surface area (Å²) in [6.45, 7) is 1.65. The lowest BCUT2D eigenvalue weighted by Crippen LogP contribution is -2.69. The lowest BCUT2D eigenvalue weighted by molar-refractivity contribution is -0.140. The first kappa shape index (κ1) is 12.5. The fourth-order valence-electron chi connectivity index (χ4n) is 3.70. The van der Waals surface area contributed by atoms with Crippen molar-refractivity contribution in [3.63, 3.8) is 0 Å². The van der Waals surface area contributed by atoms with Crippen LogP contribution in [-0.2, 0) is 4.79 Å². The van der Waals surface area contributed by atoms with Gasteiger partial charge in [0.2, 0.25) is 5.91 Å². The second-order valence-electron chi connectivity index (χ2n) is 6.82. The average Bonchev–Trinajstić information content (AvgIpc) is 3.12. The molecule has 0 aromatic heterocycles. The van der Waals surface area contributed by atoms with Crippen molar-refractivity contribution in [1.29, 1.82) is 0 Å². The Kier molecular flexibility index (Phi) is 3.35. The lowest BCUT2D eigenvalue weighted by Gasteiger charge is -2.48. The van der Waals surface area contributed by atoms with Crippen LogP contribution in [0.3, 0.4) is 0 Å². The second kappa shape index (κ2) is 4.84. The molecule has 3 fully saturated rings. The fourth-order valence-corrected chi connectivity index (χ4v) is 3.70. The van der Waals surface area contributed by atoms with E-state index in [1.807, 2.05) is 4.90 Å². The minimum atomic E-state index is -0.0148. The van der Waals surface area contributed by atoms with Gasteiger partial charge in [-0.2, -0.15) is 0 Å². The molecule has 3 nitrogen and oxygen atoms in total. The van der Waals surface area contributed by atoms with E-state index in [1.54, 1.807) is 0 Å². The third-order valence-electron chi connectivity index (χ3n) is 5.15. The van der Waals surface area contributed by atoms with Crippen molar-refractivity contribution in [2.24, 2.45) is 17.6 Å². The van der Waals surface area contributed by atoms with Gasteiger partial charge < -0.3 is 10.6 Å². The number of carbonyl (C=O) groups excluding carboxylic acids is 1. The molecule has 3 aliphatic rings. The normalized spacial score (nSPS) is 28.6. The van der Waals surface area contributed by atoms with E-state index in [2.05, 4.69) is 0 Å². The van der Waals surface area contributed by atoms with Gasteiger partial charge >= 0.3 is 0 Å². The molecule has 2 aliphatic carbocycles. The van der Waals surface area contributed by atoms with E-state index in [-0.39, 0.29) is 5.54 Å². The van der Waals surface area contributed by atoms with Gasteiger partial charge in [0.05, 0.1) is 5.54 Å². The molecule has 18 heavy (non-hydrogen) atoms. The molecule has 1 aliphatic heterocycles. The Bertz CT molecular complexity index is 310. The quantitative estimate of drug-likeness (QED) is 0.781. The molecule has 102 valence electrons. The van der Waals surface area contributed by atoms with Gasteiger partial charge in [-0.05, 0) is 37.5 Å². The molecule has 0 spiro atoms. The average molecular weight is 250 g/mol. The number of rotatable bonds is 3. The van der Waals surface area contributed by atoms with Crippen LogP contribution >= 0.6 is 0 Å². The van der Waals surface area contributed by atoms with Gasteiger partial charge in [-0.15, -0.1) is 0 Å². The Hall–Kier alpha value is -0.570. The maximum Gasteiger partial charge on any atom is 0.222 e. The van der Waals surface area contributed by atoms with Crippen LogP contribution < -0.4 is 5.73 Å². The van der Waals surface area contributed by atoms with E-state index >= 15 is 0 Å². The molecule has 0 aromatic carbocycles. The van der Waals surface area contributed by atoms with Crippen molar-refractivity contribution >= 4 is 5.91 Å². The van der Waals surface area contributed by atoms with Crippen molar-refractivity contribution in [2.45, 2.75) is 63.3 Å². The molecule has 0 unspecified atom stereocenters. The van der Waals surface area contributed by atoms with Crippen molar-refractivity contribution in [2.75, 3.05) is 13.1 Å². The zero-order valence-electron chi connectivity index (χ0n) is 11.4. The van der Waals surface area contributed by atoms with Gasteiger partial charge in [0.25, 0.3) is 0 Å². The third-order valence-corrected chi connectivity index (χ3v) is 5.15. The summed E-state index contributed by atoms with van der Waals surface area (Å²) in [6.07, 6.45) is 11.2. The third kappa shape index (κ3) is 2.56. The molecule has 2 N–H and O–H groups in total. The summed E-state index contributed by atoms with van der Waals surface area (Å²) < 4.78 is 0. The fraction of sp³-hybridized carbons (Fsp3) is 0.933. The molecule has 3 heteroatoms. The van der Waals surface area contributed by atoms with E-state index in [1.165, 1.54) is 51.4 Å². The van der Waals surface area contributed by atoms with Crippen LogP contribution in [0.25, 0.3) is 0 Å². The predicted octanol–water partition coefficient (Wildman–Crippen LogP) is 2.30. The van der Waals surface area contributed by atoms with Crippen LogP contribution in [0, 0.1) is 11.8 Å². The number of amides is 1. The van der Waals surface area contributed by atoms with E-state index in [0.717, 1.165) is 19.5 Å². The monoisotopic (exact) mass is 250 g/mol. The Morgan fingerprint density at radius 3 is 2.22 bits per heavy atom. The Balaban J connectivity index is 1.44. The standard InChI is InChI=1S/C15H26N2O/c16-15(13-7-8-13)10-17(11-15)14(18)9-12-5-3-1-2-4-6-12/h12-13H,1-11,16H2. The molecule has 0 bridgehead atoms. The van der Waals surface area contributed by atoms with Crippen molar-refractivity contribution < 1.29 is 4.79 Å². The zero-order chi connectivity index (χ0) is 12.6. The highest BCUT2D eigenvalue weighted by Gasteiger charge is 2.51. The Labute approximate surface area is 110 Å². The molecule has 1 saturated heterocycles. The highest BCUT2D eigenvalue weighted by molar-refractivity contribution is 5.77. The summed E-state index contributed by atoms with van der Waals surface area (Å²) in [7, 11) is 0. The second-order valence-corrected chi connectivity index (χ2v) is 6.82. The summed E-state index contributed by atoms with van der Waals surface area (Å²) in [5.41, 5.74) is 6.29. The Morgan fingerprint density at radius 2 is 1.67 bits per heavy atom. The topological polar surface area (TPSA) is 46.3 Å². The minimum absolute atomic E-state index is 0.0148. The number of hydrogen-bond donors (Lipinski definition) is 1. The maximum absolute atomic E-state index is 12.2. The van der Waals surface area contributed by atoms with Crippen molar-refractivity contribution in [1.82, 2.24) is 4.90 Å². The number of carbonyl (C=O) groups is 1. The zero-order valence-corrected chi connectivity index (χ0v) is 11.4. The van der Waals surface area contributed by atoms with Crippen LogP contribution in [0.4, 0.5) is 0 Å². The van der Waals surface area contributed by atoms with Gasteiger partial charge in [-0.1, -0.05) is 25.7 Å². The largest absolute Gasteiger partial charge is 0.339 e. The highest BCUT2D eigenvalue weighted by atomic mass is 16.2. The van der Waals surface area contributed by atoms with Gasteiger partial charge in [-0.3, -0.25) is 4.79 Å². The first-order valence-electron chi connectivity index (χ1n) is 7.74. The van der Waals surface area contributed by atoms with Crippen molar-refractivity contribution in [3.05, 3.63) is 0 Å². The minimum Gasteiger partial charge on any atom is -0.339 e. The SMILES string of the molecule is NC1(C2CC2)CN(C(=O)CC2CCCCCC2)C1. The predicted molar refractivity (Wildman–Crippen MR) is 72.0 cm³/mol. The lowest BCUT2D eigenvalue weighted by atomic mass is 9.84. The molecular formula is C15H26N2O. The van der Waals surface area contributed by atoms with E-state index in [9.17, 15) is 4.79 Å². The van der Waals surface area contributed by atoms with Crippen LogP contribution in [0.1, 0.15) is 57.8 Å². The van der Waals surface area contributed by atoms with Crippen LogP contribution in [0.15, 0.2) is 0 Å². The summed E-state index contributed by atoms with van der Waals surface area (Å²) >= 11 is 0. The van der Waals surface area contributed by atoms with E-state index in [0.29, 0.717) is 17.7 Å². The molecule has 1 amide bonds. The summed E-state index contributed by atoms with van der Waals surface area (Å²) in [4.78, 5) is 14.2. The first-order valence-corrected chi connectivity index (χ1v) is 7.74. The number of likely N-dealkylation sites (tertiary alicyclic amines) is 1. The van der Waals surface area contributed by atoms with E-state index < -0.39 is 0 Å². The van der Waals surface area contributed by atoms with E-state index in [4.69, 9.17) is 5.73 Å². The summed E-state index contributed by atoms with van der Waals surface area (Å²) in [5, 5.41) is 0. The first-order chi connectivity index (χ1) is 8.67. The molecule has 2 saturated carbocycles. The van der Waals surface area contributed by atoms with Crippen molar-refractivity contribution in [3.8, 4) is 0 Å². The van der Waals surface area contributed by atoms with Gasteiger partial charge in [-0.25, -0.2) is 0 Å². The van der Waals surface area contributed by atoms with Crippen LogP contribution in [-0.4, -0.2) is 29.4 Å². The molecule has 0 atom stereocenters. The number of hydrogen-bond acceptors (Lipinski definition) is 2. The highest BCUT2D eigenvalue weighted by Crippen LogP contribution is 2.43. The summed E-state index contributed by atoms with van der Waals surface area (Å²) in [5.74, 6) is 1.72. The number of nitrogens with two attached hydrogens (primary N) is 1. The summed E-state index contributed by atoms with van der Waals surface area (Å²) in [6, 6.07) is 0. The molecule has 0 radical (unpaired) electrons. The molecule has 0 aromatic rings. The molecular weight excluding hydrogens is 224 g/mol. The van der Waals surface area contributed by atoms with Crippen LogP contribution in [0.2, 0.25) is 0 Å². The molecule has 1 heterocycles. The van der Waals surface area contributed by atoms with Crippen LogP contribution in [0.5, 0.6) is 0 Å². The smallest absolute Gasteiger partial charge is 0.222 e. The van der Waals surface area contributed by atoms with Gasteiger partial charge in [0.1, 0.15) is 0 Å². The number of nitrogens with zero attached hydrogens (tertiary/aromatic N) is 1. The maximum atomic E-state index is 12.2.